The van der Waals surface area contributed by atoms with Crippen molar-refractivity contribution < 1.29 is 4.74 Å². The lowest BCUT2D eigenvalue weighted by Crippen LogP contribution is -2.18. The zero-order chi connectivity index (χ0) is 12.5. The van der Waals surface area contributed by atoms with Crippen LogP contribution in [0.1, 0.15) is 46.0 Å². The van der Waals surface area contributed by atoms with Gasteiger partial charge in [-0.15, -0.1) is 0 Å². The lowest BCUT2D eigenvalue weighted by molar-refractivity contribution is 0.228. The van der Waals surface area contributed by atoms with Crippen molar-refractivity contribution in [1.29, 1.82) is 0 Å². The Morgan fingerprint density at radius 1 is 1.19 bits per heavy atom. The Labute approximate surface area is 102 Å². The summed E-state index contributed by atoms with van der Waals surface area (Å²) in [5, 5.41) is 0.468. The SMILES string of the molecule is Cc1c(Cl)nc(C(C)(C)C)nc1OC(C)C. The molecule has 0 amide bonds. The molecule has 0 spiro atoms. The van der Waals surface area contributed by atoms with Gasteiger partial charge in [-0.25, -0.2) is 4.98 Å². The molecule has 0 unspecified atom stereocenters. The first-order valence-electron chi connectivity index (χ1n) is 5.43. The summed E-state index contributed by atoms with van der Waals surface area (Å²) in [4.78, 5) is 8.71. The monoisotopic (exact) mass is 242 g/mol. The fourth-order valence-corrected chi connectivity index (χ4v) is 1.30. The summed E-state index contributed by atoms with van der Waals surface area (Å²) in [5.74, 6) is 1.29. The second kappa shape index (κ2) is 4.58. The molecule has 0 saturated heterocycles. The molecule has 1 heterocycles. The van der Waals surface area contributed by atoms with Crippen molar-refractivity contribution in [3.8, 4) is 5.88 Å². The van der Waals surface area contributed by atoms with Crippen LogP contribution in [0.2, 0.25) is 5.15 Å². The minimum Gasteiger partial charge on any atom is -0.475 e. The topological polar surface area (TPSA) is 35.0 Å². The van der Waals surface area contributed by atoms with Crippen molar-refractivity contribution in [2.75, 3.05) is 0 Å². The normalized spacial score (nSPS) is 12.0. The highest BCUT2D eigenvalue weighted by atomic mass is 35.5. The standard InChI is InChI=1S/C12H19ClN2O/c1-7(2)16-10-8(3)9(13)14-11(15-10)12(4,5)6/h7H,1-6H3. The Morgan fingerprint density at radius 3 is 2.19 bits per heavy atom. The Morgan fingerprint density at radius 2 is 1.75 bits per heavy atom. The molecule has 16 heavy (non-hydrogen) atoms. The quantitative estimate of drug-likeness (QED) is 0.745. The second-order valence-electron chi connectivity index (χ2n) is 5.18. The first kappa shape index (κ1) is 13.2. The largest absolute Gasteiger partial charge is 0.475 e. The van der Waals surface area contributed by atoms with E-state index < -0.39 is 0 Å². The van der Waals surface area contributed by atoms with E-state index in [1.54, 1.807) is 0 Å². The first-order valence-corrected chi connectivity index (χ1v) is 5.81. The molecule has 0 N–H and O–H groups in total. The summed E-state index contributed by atoms with van der Waals surface area (Å²) in [5.41, 5.74) is 0.662. The summed E-state index contributed by atoms with van der Waals surface area (Å²) >= 11 is 6.08. The van der Waals surface area contributed by atoms with Gasteiger partial charge < -0.3 is 4.74 Å². The number of nitrogens with zero attached hydrogens (tertiary/aromatic N) is 2. The van der Waals surface area contributed by atoms with Crippen LogP contribution in [0.15, 0.2) is 0 Å². The molecular formula is C12H19ClN2O. The van der Waals surface area contributed by atoms with Crippen molar-refractivity contribution in [3.05, 3.63) is 16.5 Å². The molecule has 0 aliphatic heterocycles. The molecule has 0 fully saturated rings. The molecule has 0 bridgehead atoms. The molecule has 3 nitrogen and oxygen atoms in total. The van der Waals surface area contributed by atoms with Gasteiger partial charge in [0.2, 0.25) is 5.88 Å². The number of ether oxygens (including phenoxy) is 1. The fraction of sp³-hybridized carbons (Fsp3) is 0.667. The zero-order valence-corrected chi connectivity index (χ0v) is 11.5. The lowest BCUT2D eigenvalue weighted by Gasteiger charge is -2.19. The van der Waals surface area contributed by atoms with Gasteiger partial charge in [-0.2, -0.15) is 4.98 Å². The van der Waals surface area contributed by atoms with Crippen LogP contribution in [0.3, 0.4) is 0 Å². The van der Waals surface area contributed by atoms with Crippen LogP contribution in [0, 0.1) is 6.92 Å². The van der Waals surface area contributed by atoms with Crippen molar-refractivity contribution in [2.45, 2.75) is 53.1 Å². The highest BCUT2D eigenvalue weighted by Gasteiger charge is 2.21. The van der Waals surface area contributed by atoms with E-state index in [0.29, 0.717) is 16.9 Å². The number of halogens is 1. The van der Waals surface area contributed by atoms with Crippen LogP contribution in [-0.4, -0.2) is 16.1 Å². The van der Waals surface area contributed by atoms with Crippen LogP contribution < -0.4 is 4.74 Å². The van der Waals surface area contributed by atoms with Crippen LogP contribution in [0.5, 0.6) is 5.88 Å². The van der Waals surface area contributed by atoms with E-state index in [4.69, 9.17) is 16.3 Å². The molecule has 1 rings (SSSR count). The Hall–Kier alpha value is -0.830. The number of rotatable bonds is 2. The smallest absolute Gasteiger partial charge is 0.221 e. The van der Waals surface area contributed by atoms with Gasteiger partial charge >= 0.3 is 0 Å². The van der Waals surface area contributed by atoms with E-state index >= 15 is 0 Å². The van der Waals surface area contributed by atoms with E-state index in [1.807, 2.05) is 41.5 Å². The third-order valence-electron chi connectivity index (χ3n) is 2.06. The van der Waals surface area contributed by atoms with Crippen molar-refractivity contribution in [2.24, 2.45) is 0 Å². The molecule has 90 valence electrons. The molecule has 0 radical (unpaired) electrons. The van der Waals surface area contributed by atoms with Gasteiger partial charge in [0.25, 0.3) is 0 Å². The average Bonchev–Trinajstić information content (AvgIpc) is 2.10. The van der Waals surface area contributed by atoms with Crippen LogP contribution in [-0.2, 0) is 5.41 Å². The molecule has 1 aromatic rings. The predicted octanol–water partition coefficient (Wildman–Crippen LogP) is 3.52. The number of hydrogen-bond donors (Lipinski definition) is 0. The number of aromatic nitrogens is 2. The van der Waals surface area contributed by atoms with Crippen LogP contribution >= 0.6 is 11.6 Å². The van der Waals surface area contributed by atoms with Gasteiger partial charge in [0.05, 0.1) is 6.10 Å². The molecular weight excluding hydrogens is 224 g/mol. The Kier molecular flexibility index (Phi) is 3.79. The molecule has 0 aliphatic rings. The van der Waals surface area contributed by atoms with Gasteiger partial charge in [-0.05, 0) is 20.8 Å². The highest BCUT2D eigenvalue weighted by Crippen LogP contribution is 2.27. The number of hydrogen-bond acceptors (Lipinski definition) is 3. The fourth-order valence-electron chi connectivity index (χ4n) is 1.14. The molecule has 4 heteroatoms. The van der Waals surface area contributed by atoms with E-state index in [2.05, 4.69) is 9.97 Å². The maximum Gasteiger partial charge on any atom is 0.221 e. The van der Waals surface area contributed by atoms with Gasteiger partial charge in [-0.3, -0.25) is 0 Å². The lowest BCUT2D eigenvalue weighted by atomic mass is 9.96. The first-order chi connectivity index (χ1) is 7.21. The zero-order valence-electron chi connectivity index (χ0n) is 10.8. The molecule has 0 aliphatic carbocycles. The Balaban J connectivity index is 3.22. The van der Waals surface area contributed by atoms with Crippen molar-refractivity contribution in [3.63, 3.8) is 0 Å². The second-order valence-corrected chi connectivity index (χ2v) is 5.54. The average molecular weight is 243 g/mol. The molecule has 0 aromatic carbocycles. The van der Waals surface area contributed by atoms with Crippen LogP contribution in [0.4, 0.5) is 0 Å². The van der Waals surface area contributed by atoms with Gasteiger partial charge in [-0.1, -0.05) is 32.4 Å². The highest BCUT2D eigenvalue weighted by molar-refractivity contribution is 6.30. The summed E-state index contributed by atoms with van der Waals surface area (Å²) in [7, 11) is 0. The van der Waals surface area contributed by atoms with E-state index in [9.17, 15) is 0 Å². The van der Waals surface area contributed by atoms with E-state index in [-0.39, 0.29) is 11.5 Å². The van der Waals surface area contributed by atoms with Crippen molar-refractivity contribution in [1.82, 2.24) is 9.97 Å². The predicted molar refractivity (Wildman–Crippen MR) is 66.2 cm³/mol. The summed E-state index contributed by atoms with van der Waals surface area (Å²) in [6.07, 6.45) is 0.0810. The third kappa shape index (κ3) is 3.08. The maximum absolute atomic E-state index is 6.08. The maximum atomic E-state index is 6.08. The van der Waals surface area contributed by atoms with Gasteiger partial charge in [0.15, 0.2) is 0 Å². The van der Waals surface area contributed by atoms with Crippen molar-refractivity contribution >= 4 is 11.6 Å². The molecule has 0 saturated carbocycles. The summed E-state index contributed by atoms with van der Waals surface area (Å²) in [6.45, 7) is 11.9. The summed E-state index contributed by atoms with van der Waals surface area (Å²) in [6, 6.07) is 0. The van der Waals surface area contributed by atoms with Gasteiger partial charge in [0.1, 0.15) is 11.0 Å². The van der Waals surface area contributed by atoms with E-state index in [1.165, 1.54) is 0 Å². The van der Waals surface area contributed by atoms with Gasteiger partial charge in [0, 0.05) is 11.0 Å². The molecule has 1 aromatic heterocycles. The minimum atomic E-state index is -0.133. The molecule has 0 atom stereocenters. The van der Waals surface area contributed by atoms with E-state index in [0.717, 1.165) is 5.56 Å². The van der Waals surface area contributed by atoms with Crippen LogP contribution in [0.25, 0.3) is 0 Å². The minimum absolute atomic E-state index is 0.0810. The Bertz CT molecular complexity index is 383. The summed E-state index contributed by atoms with van der Waals surface area (Å²) < 4.78 is 5.63. The third-order valence-corrected chi connectivity index (χ3v) is 2.43.